The number of para-hydroxylation sites is 1. The number of aryl methyl sites for hydroxylation is 2. The monoisotopic (exact) mass is 322 g/mol. The van der Waals surface area contributed by atoms with Crippen LogP contribution in [0.25, 0.3) is 0 Å². The van der Waals surface area contributed by atoms with Gasteiger partial charge < -0.3 is 10.6 Å². The van der Waals surface area contributed by atoms with Gasteiger partial charge in [-0.1, -0.05) is 29.8 Å². The highest BCUT2D eigenvalue weighted by Crippen LogP contribution is 2.22. The summed E-state index contributed by atoms with van der Waals surface area (Å²) in [5.41, 5.74) is 3.86. The molecule has 1 aromatic heterocycles. The molecule has 1 aliphatic rings. The molecule has 1 aromatic carbocycles. The van der Waals surface area contributed by atoms with Crippen molar-refractivity contribution in [2.24, 2.45) is 0 Å². The predicted octanol–water partition coefficient (Wildman–Crippen LogP) is 5.14. The van der Waals surface area contributed by atoms with E-state index < -0.39 is 0 Å². The van der Waals surface area contributed by atoms with Crippen LogP contribution in [0.5, 0.6) is 0 Å². The van der Waals surface area contributed by atoms with Gasteiger partial charge in [0, 0.05) is 18.3 Å². The third-order valence-electron chi connectivity index (χ3n) is 4.38. The molecule has 0 saturated heterocycles. The van der Waals surface area contributed by atoms with Crippen molar-refractivity contribution < 1.29 is 0 Å². The third-order valence-corrected chi connectivity index (χ3v) is 4.38. The maximum Gasteiger partial charge on any atom is 0.136 e. The molecule has 0 atom stereocenters. The molecule has 1 aliphatic carbocycles. The molecule has 3 rings (SSSR count). The predicted molar refractivity (Wildman–Crippen MR) is 101 cm³/mol. The van der Waals surface area contributed by atoms with Gasteiger partial charge >= 0.3 is 0 Å². The minimum atomic E-state index is 0.771. The number of allylic oxidation sites excluding steroid dienone is 1. The largest absolute Gasteiger partial charge is 0.370 e. The lowest BCUT2D eigenvalue weighted by atomic mass is 9.97. The summed E-state index contributed by atoms with van der Waals surface area (Å²) in [7, 11) is 0. The Morgan fingerprint density at radius 3 is 2.67 bits per heavy atom. The maximum atomic E-state index is 4.50. The lowest BCUT2D eigenvalue weighted by Gasteiger charge is -2.14. The smallest absolute Gasteiger partial charge is 0.136 e. The Morgan fingerprint density at radius 1 is 1.04 bits per heavy atom. The lowest BCUT2D eigenvalue weighted by molar-refractivity contribution is 0.679. The molecule has 0 amide bonds. The molecule has 1 heterocycles. The van der Waals surface area contributed by atoms with Crippen LogP contribution in [-0.4, -0.2) is 16.5 Å². The summed E-state index contributed by atoms with van der Waals surface area (Å²) in [6, 6.07) is 10.2. The number of aromatic nitrogens is 2. The Hall–Kier alpha value is -2.36. The van der Waals surface area contributed by atoms with Crippen LogP contribution in [0.3, 0.4) is 0 Å². The van der Waals surface area contributed by atoms with Gasteiger partial charge in [0.1, 0.15) is 17.5 Å². The highest BCUT2D eigenvalue weighted by atomic mass is 15.1. The Kier molecular flexibility index (Phi) is 5.47. The number of benzene rings is 1. The van der Waals surface area contributed by atoms with Crippen LogP contribution >= 0.6 is 0 Å². The normalized spacial score (nSPS) is 14.2. The number of hydrogen-bond donors (Lipinski definition) is 2. The molecule has 0 bridgehead atoms. The van der Waals surface area contributed by atoms with Crippen molar-refractivity contribution in [3.8, 4) is 0 Å². The molecular formula is C20H26N4. The van der Waals surface area contributed by atoms with E-state index in [9.17, 15) is 0 Å². The molecule has 0 fully saturated rings. The van der Waals surface area contributed by atoms with Gasteiger partial charge in [0.05, 0.1) is 0 Å². The first-order valence-corrected chi connectivity index (χ1v) is 8.81. The zero-order valence-electron chi connectivity index (χ0n) is 14.6. The SMILES string of the molecule is Cc1nc(NCCC2=CCCCC2)cc(Nc2ccccc2C)n1. The molecule has 126 valence electrons. The van der Waals surface area contributed by atoms with Gasteiger partial charge in [-0.2, -0.15) is 0 Å². The molecule has 0 radical (unpaired) electrons. The summed E-state index contributed by atoms with van der Waals surface area (Å²) >= 11 is 0. The van der Waals surface area contributed by atoms with Crippen molar-refractivity contribution >= 4 is 17.3 Å². The Balaban J connectivity index is 1.63. The minimum Gasteiger partial charge on any atom is -0.370 e. The fourth-order valence-corrected chi connectivity index (χ4v) is 3.06. The van der Waals surface area contributed by atoms with Gasteiger partial charge in [-0.3, -0.25) is 0 Å². The lowest BCUT2D eigenvalue weighted by Crippen LogP contribution is -2.08. The standard InChI is InChI=1S/C20H26N4/c1-15-8-6-7-11-18(15)24-20-14-19(22-16(2)23-20)21-13-12-17-9-4-3-5-10-17/h6-9,11,14H,3-5,10,12-13H2,1-2H3,(H2,21,22,23,24). The quantitative estimate of drug-likeness (QED) is 0.723. The van der Waals surface area contributed by atoms with E-state index in [0.717, 1.165) is 36.1 Å². The van der Waals surface area contributed by atoms with E-state index >= 15 is 0 Å². The van der Waals surface area contributed by atoms with Gasteiger partial charge in [0.2, 0.25) is 0 Å². The first-order chi connectivity index (χ1) is 11.7. The Morgan fingerprint density at radius 2 is 1.88 bits per heavy atom. The molecule has 2 aromatic rings. The number of nitrogens with zero attached hydrogens (tertiary/aromatic N) is 2. The minimum absolute atomic E-state index is 0.771. The first kappa shape index (κ1) is 16.5. The summed E-state index contributed by atoms with van der Waals surface area (Å²) in [5.74, 6) is 2.49. The number of rotatable bonds is 6. The third kappa shape index (κ3) is 4.57. The van der Waals surface area contributed by atoms with Gasteiger partial charge in [-0.05, 0) is 57.6 Å². The van der Waals surface area contributed by atoms with Crippen LogP contribution in [0.2, 0.25) is 0 Å². The Bertz CT molecular complexity index is 721. The van der Waals surface area contributed by atoms with Crippen molar-refractivity contribution in [3.05, 3.63) is 53.4 Å². The second-order valence-electron chi connectivity index (χ2n) is 6.41. The number of anilines is 3. The first-order valence-electron chi connectivity index (χ1n) is 8.81. The molecule has 0 unspecified atom stereocenters. The van der Waals surface area contributed by atoms with Crippen LogP contribution in [0.15, 0.2) is 42.0 Å². The van der Waals surface area contributed by atoms with Crippen LogP contribution in [0.4, 0.5) is 17.3 Å². The van der Waals surface area contributed by atoms with Crippen molar-refractivity contribution in [2.75, 3.05) is 17.2 Å². The van der Waals surface area contributed by atoms with Crippen LogP contribution in [0, 0.1) is 13.8 Å². The topological polar surface area (TPSA) is 49.8 Å². The maximum absolute atomic E-state index is 4.50. The molecular weight excluding hydrogens is 296 g/mol. The van der Waals surface area contributed by atoms with Gasteiger partial charge in [-0.25, -0.2) is 9.97 Å². The summed E-state index contributed by atoms with van der Waals surface area (Å²) in [5, 5.41) is 6.83. The number of nitrogens with one attached hydrogen (secondary N) is 2. The highest BCUT2D eigenvalue weighted by molar-refractivity contribution is 5.62. The van der Waals surface area contributed by atoms with Crippen LogP contribution in [-0.2, 0) is 0 Å². The van der Waals surface area contributed by atoms with Crippen LogP contribution < -0.4 is 10.6 Å². The zero-order valence-corrected chi connectivity index (χ0v) is 14.6. The molecule has 0 aliphatic heterocycles. The summed E-state index contributed by atoms with van der Waals surface area (Å²) in [6.07, 6.45) is 8.68. The summed E-state index contributed by atoms with van der Waals surface area (Å²) < 4.78 is 0. The van der Waals surface area contributed by atoms with Crippen molar-refractivity contribution in [2.45, 2.75) is 46.0 Å². The van der Waals surface area contributed by atoms with Gasteiger partial charge in [0.25, 0.3) is 0 Å². The van der Waals surface area contributed by atoms with E-state index in [4.69, 9.17) is 0 Å². The molecule has 0 saturated carbocycles. The number of hydrogen-bond acceptors (Lipinski definition) is 4. The van der Waals surface area contributed by atoms with Gasteiger partial charge in [-0.15, -0.1) is 0 Å². The fraction of sp³-hybridized carbons (Fsp3) is 0.400. The summed E-state index contributed by atoms with van der Waals surface area (Å²) in [4.78, 5) is 8.99. The molecule has 4 heteroatoms. The fourth-order valence-electron chi connectivity index (χ4n) is 3.06. The van der Waals surface area contributed by atoms with Gasteiger partial charge in [0.15, 0.2) is 0 Å². The molecule has 24 heavy (non-hydrogen) atoms. The molecule has 4 nitrogen and oxygen atoms in total. The van der Waals surface area contributed by atoms with E-state index in [1.807, 2.05) is 25.1 Å². The van der Waals surface area contributed by atoms with E-state index in [2.05, 4.69) is 45.7 Å². The van der Waals surface area contributed by atoms with E-state index in [-0.39, 0.29) is 0 Å². The average Bonchev–Trinajstić information content (AvgIpc) is 2.57. The second-order valence-corrected chi connectivity index (χ2v) is 6.41. The van der Waals surface area contributed by atoms with E-state index in [1.54, 1.807) is 5.57 Å². The van der Waals surface area contributed by atoms with Crippen molar-refractivity contribution in [3.63, 3.8) is 0 Å². The van der Waals surface area contributed by atoms with Crippen molar-refractivity contribution in [1.82, 2.24) is 9.97 Å². The van der Waals surface area contributed by atoms with Crippen molar-refractivity contribution in [1.29, 1.82) is 0 Å². The summed E-state index contributed by atoms with van der Waals surface area (Å²) in [6.45, 7) is 4.94. The highest BCUT2D eigenvalue weighted by Gasteiger charge is 2.06. The zero-order chi connectivity index (χ0) is 16.8. The Labute approximate surface area is 144 Å². The van der Waals surface area contributed by atoms with E-state index in [0.29, 0.717) is 0 Å². The second kappa shape index (κ2) is 7.95. The van der Waals surface area contributed by atoms with Crippen LogP contribution in [0.1, 0.15) is 43.5 Å². The average molecular weight is 322 g/mol. The molecule has 0 spiro atoms. The molecule has 2 N–H and O–H groups in total. The van der Waals surface area contributed by atoms with E-state index in [1.165, 1.54) is 31.2 Å².